The highest BCUT2D eigenvalue weighted by molar-refractivity contribution is 7.56. The fourth-order valence-corrected chi connectivity index (χ4v) is 4.11. The van der Waals surface area contributed by atoms with Crippen molar-refractivity contribution in [3.05, 3.63) is 28.8 Å². The van der Waals surface area contributed by atoms with Crippen molar-refractivity contribution in [2.45, 2.75) is 64.7 Å². The summed E-state index contributed by atoms with van der Waals surface area (Å²) in [4.78, 5) is 13.0. The lowest BCUT2D eigenvalue weighted by Gasteiger charge is -2.31. The maximum absolute atomic E-state index is 15.4. The molecule has 0 aliphatic heterocycles. The maximum atomic E-state index is 15.4. The molecule has 154 valence electrons. The summed E-state index contributed by atoms with van der Waals surface area (Å²) < 4.78 is 43.1. The minimum atomic E-state index is -4.28. The fourth-order valence-electron chi connectivity index (χ4n) is 2.90. The molecule has 1 atom stereocenters. The molecule has 1 unspecified atom stereocenters. The van der Waals surface area contributed by atoms with E-state index in [4.69, 9.17) is 13.8 Å². The molecular weight excluding hydrogens is 370 g/mol. The van der Waals surface area contributed by atoms with Crippen molar-refractivity contribution >= 4 is 13.4 Å². The Balaban J connectivity index is 3.81. The predicted octanol–water partition coefficient (Wildman–Crippen LogP) is 5.64. The lowest BCUT2D eigenvalue weighted by molar-refractivity contribution is 0.0791. The van der Waals surface area contributed by atoms with E-state index in [1.165, 1.54) is 0 Å². The average molecular weight is 402 g/mol. The van der Waals surface area contributed by atoms with Crippen LogP contribution in [0.5, 0.6) is 5.75 Å². The van der Waals surface area contributed by atoms with Gasteiger partial charge in [0.1, 0.15) is 5.75 Å². The molecular formula is C20H32FO5P. The predicted molar refractivity (Wildman–Crippen MR) is 106 cm³/mol. The van der Waals surface area contributed by atoms with E-state index in [0.717, 1.165) is 32.3 Å². The molecule has 0 spiro atoms. The first kappa shape index (κ1) is 23.8. The van der Waals surface area contributed by atoms with Gasteiger partial charge in [-0.05, 0) is 29.9 Å². The Labute approximate surface area is 162 Å². The van der Waals surface area contributed by atoms with Gasteiger partial charge in [0, 0.05) is 30.9 Å². The molecule has 0 saturated heterocycles. The van der Waals surface area contributed by atoms with Gasteiger partial charge in [0.2, 0.25) is 5.78 Å². The van der Waals surface area contributed by atoms with E-state index in [9.17, 15) is 9.36 Å². The number of ether oxygens (including phenoxy) is 1. The highest BCUT2D eigenvalue weighted by atomic mass is 31.2. The quantitative estimate of drug-likeness (QED) is 0.455. The molecule has 1 aromatic rings. The number of carbonyl (C=O) groups excluding carboxylic acids is 1. The Kier molecular flexibility index (Phi) is 6.75. The number of ketones is 1. The van der Waals surface area contributed by atoms with Crippen LogP contribution in [0.1, 0.15) is 70.0 Å². The van der Waals surface area contributed by atoms with Crippen molar-refractivity contribution in [3.63, 3.8) is 0 Å². The number of Topliss-reactive ketones (excluding diaryl/α,β-unsaturated/α-hetero) is 1. The molecule has 0 aliphatic carbocycles. The van der Waals surface area contributed by atoms with Crippen LogP contribution in [0.25, 0.3) is 0 Å². The van der Waals surface area contributed by atoms with Gasteiger partial charge in [0.15, 0.2) is 0 Å². The van der Waals surface area contributed by atoms with Gasteiger partial charge in [-0.3, -0.25) is 9.36 Å². The standard InChI is InChI=1S/C20H32FO5P/c1-18(2,3)14-11-13(12-15(16(14)24-8)19(4,5)6)17(22)20(7,21)27(23,25-9)26-10/h11-12H,1-10H3. The summed E-state index contributed by atoms with van der Waals surface area (Å²) in [5.41, 5.74) is 0.911. The van der Waals surface area contributed by atoms with E-state index in [1.807, 2.05) is 41.5 Å². The topological polar surface area (TPSA) is 61.8 Å². The van der Waals surface area contributed by atoms with Crippen LogP contribution in [0.3, 0.4) is 0 Å². The molecule has 0 radical (unpaired) electrons. The number of methoxy groups -OCH3 is 1. The van der Waals surface area contributed by atoms with Crippen LogP contribution in [0, 0.1) is 0 Å². The molecule has 0 aliphatic rings. The van der Waals surface area contributed by atoms with Crippen molar-refractivity contribution in [2.75, 3.05) is 21.3 Å². The zero-order valence-electron chi connectivity index (χ0n) is 18.0. The minimum absolute atomic E-state index is 0.102. The van der Waals surface area contributed by atoms with E-state index in [2.05, 4.69) is 0 Å². The van der Waals surface area contributed by atoms with Crippen molar-refractivity contribution < 1.29 is 27.5 Å². The zero-order valence-corrected chi connectivity index (χ0v) is 18.9. The van der Waals surface area contributed by atoms with Crippen molar-refractivity contribution in [1.82, 2.24) is 0 Å². The Morgan fingerprint density at radius 2 is 1.26 bits per heavy atom. The molecule has 7 heteroatoms. The van der Waals surface area contributed by atoms with Crippen molar-refractivity contribution in [3.8, 4) is 5.75 Å². The first-order valence-corrected chi connectivity index (χ1v) is 10.3. The number of halogens is 1. The number of carbonyl (C=O) groups is 1. The summed E-state index contributed by atoms with van der Waals surface area (Å²) in [5, 5.41) is -2.82. The number of hydrogen-bond acceptors (Lipinski definition) is 5. The molecule has 0 saturated carbocycles. The van der Waals surface area contributed by atoms with E-state index in [-0.39, 0.29) is 16.4 Å². The van der Waals surface area contributed by atoms with Gasteiger partial charge in [-0.15, -0.1) is 0 Å². The third-order valence-corrected chi connectivity index (χ3v) is 6.77. The summed E-state index contributed by atoms with van der Waals surface area (Å²) in [6, 6.07) is 3.20. The van der Waals surface area contributed by atoms with Gasteiger partial charge < -0.3 is 13.8 Å². The summed E-state index contributed by atoms with van der Waals surface area (Å²) >= 11 is 0. The van der Waals surface area contributed by atoms with Crippen LogP contribution < -0.4 is 4.74 Å². The number of benzene rings is 1. The monoisotopic (exact) mass is 402 g/mol. The summed E-state index contributed by atoms with van der Waals surface area (Å²) in [5.74, 6) is -0.290. The lowest BCUT2D eigenvalue weighted by atomic mass is 9.78. The van der Waals surface area contributed by atoms with Gasteiger partial charge in [0.25, 0.3) is 5.41 Å². The summed E-state index contributed by atoms with van der Waals surface area (Å²) in [7, 11) is -0.589. The first-order valence-electron chi connectivity index (χ1n) is 8.75. The van der Waals surface area contributed by atoms with Crippen LogP contribution >= 0.6 is 7.60 Å². The molecule has 1 aromatic carbocycles. The Hall–Kier alpha value is -1.23. The third-order valence-electron chi connectivity index (χ3n) is 4.58. The van der Waals surface area contributed by atoms with Gasteiger partial charge in [-0.25, -0.2) is 4.39 Å². The molecule has 0 bridgehead atoms. The van der Waals surface area contributed by atoms with Crippen LogP contribution in [0.15, 0.2) is 12.1 Å². The molecule has 0 heterocycles. The third kappa shape index (κ3) is 4.44. The van der Waals surface area contributed by atoms with E-state index < -0.39 is 18.8 Å². The molecule has 5 nitrogen and oxygen atoms in total. The Morgan fingerprint density at radius 3 is 1.52 bits per heavy atom. The Morgan fingerprint density at radius 1 is 0.889 bits per heavy atom. The molecule has 27 heavy (non-hydrogen) atoms. The van der Waals surface area contributed by atoms with Gasteiger partial charge >= 0.3 is 7.60 Å². The summed E-state index contributed by atoms with van der Waals surface area (Å²) in [6.45, 7) is 12.8. The lowest BCUT2D eigenvalue weighted by Crippen LogP contribution is -2.32. The van der Waals surface area contributed by atoms with Gasteiger partial charge in [-0.1, -0.05) is 41.5 Å². The first-order chi connectivity index (χ1) is 12.1. The maximum Gasteiger partial charge on any atom is 0.374 e. The van der Waals surface area contributed by atoms with E-state index in [0.29, 0.717) is 5.75 Å². The molecule has 0 fully saturated rings. The molecule has 0 amide bonds. The second-order valence-electron chi connectivity index (χ2n) is 8.75. The largest absolute Gasteiger partial charge is 0.496 e. The highest BCUT2D eigenvalue weighted by Gasteiger charge is 2.53. The van der Waals surface area contributed by atoms with Gasteiger partial charge in [-0.2, -0.15) is 0 Å². The van der Waals surface area contributed by atoms with Crippen molar-refractivity contribution in [1.29, 1.82) is 0 Å². The van der Waals surface area contributed by atoms with Crippen LogP contribution in [-0.2, 0) is 24.4 Å². The van der Waals surface area contributed by atoms with E-state index >= 15 is 4.39 Å². The second kappa shape index (κ2) is 7.65. The minimum Gasteiger partial charge on any atom is -0.496 e. The second-order valence-corrected chi connectivity index (χ2v) is 11.3. The average Bonchev–Trinajstić information content (AvgIpc) is 2.57. The SMILES string of the molecule is COc1c(C(C)(C)C)cc(C(=O)C(C)(F)P(=O)(OC)OC)cc1C(C)(C)C. The van der Waals surface area contributed by atoms with Crippen LogP contribution in [-0.4, -0.2) is 32.5 Å². The smallest absolute Gasteiger partial charge is 0.374 e. The van der Waals surface area contributed by atoms with Gasteiger partial charge in [0.05, 0.1) is 7.11 Å². The fraction of sp³-hybridized carbons (Fsp3) is 0.650. The number of hydrogen-bond donors (Lipinski definition) is 0. The number of alkyl halides is 1. The molecule has 1 rings (SSSR count). The van der Waals surface area contributed by atoms with E-state index in [1.54, 1.807) is 19.2 Å². The Bertz CT molecular complexity index is 714. The summed E-state index contributed by atoms with van der Waals surface area (Å²) in [6.07, 6.45) is 0. The number of rotatable bonds is 6. The van der Waals surface area contributed by atoms with Crippen molar-refractivity contribution in [2.24, 2.45) is 0 Å². The molecule has 0 N–H and O–H groups in total. The normalized spacial score (nSPS) is 15.4. The van der Waals surface area contributed by atoms with Crippen LogP contribution in [0.4, 0.5) is 4.39 Å². The zero-order chi connectivity index (χ0) is 21.4. The van der Waals surface area contributed by atoms with Crippen LogP contribution in [0.2, 0.25) is 0 Å². The highest BCUT2D eigenvalue weighted by Crippen LogP contribution is 2.61. The molecule has 0 aromatic heterocycles.